The maximum Gasteiger partial charge on any atom is 0.118 e. The quantitative estimate of drug-likeness (QED) is 0.856. The first-order valence-electron chi connectivity index (χ1n) is 8.47. The van der Waals surface area contributed by atoms with Gasteiger partial charge in [-0.05, 0) is 51.6 Å². The lowest BCUT2D eigenvalue weighted by molar-refractivity contribution is 0.154. The molecule has 0 unspecified atom stereocenters. The summed E-state index contributed by atoms with van der Waals surface area (Å²) in [5, 5.41) is 3.46. The van der Waals surface area contributed by atoms with Crippen LogP contribution in [0.4, 0.5) is 0 Å². The second-order valence-corrected chi connectivity index (χ2v) is 7.16. The van der Waals surface area contributed by atoms with Crippen molar-refractivity contribution in [1.29, 1.82) is 0 Å². The first kappa shape index (κ1) is 16.6. The highest BCUT2D eigenvalue weighted by atomic mass is 16.3. The second kappa shape index (κ2) is 7.46. The van der Waals surface area contributed by atoms with Crippen LogP contribution in [-0.2, 0) is 13.1 Å². The normalized spacial score (nSPS) is 23.2. The second-order valence-electron chi connectivity index (χ2n) is 7.16. The van der Waals surface area contributed by atoms with Gasteiger partial charge in [-0.1, -0.05) is 20.8 Å². The third-order valence-electron chi connectivity index (χ3n) is 4.79. The van der Waals surface area contributed by atoms with Gasteiger partial charge in [-0.2, -0.15) is 0 Å². The Morgan fingerprint density at radius 1 is 1.29 bits per heavy atom. The Morgan fingerprint density at radius 3 is 2.57 bits per heavy atom. The van der Waals surface area contributed by atoms with Gasteiger partial charge in [0.25, 0.3) is 0 Å². The zero-order valence-electron chi connectivity index (χ0n) is 14.4. The molecule has 0 bridgehead atoms. The van der Waals surface area contributed by atoms with Crippen LogP contribution < -0.4 is 5.32 Å². The van der Waals surface area contributed by atoms with Crippen molar-refractivity contribution in [2.24, 2.45) is 5.92 Å². The van der Waals surface area contributed by atoms with Crippen molar-refractivity contribution in [3.63, 3.8) is 0 Å². The van der Waals surface area contributed by atoms with Crippen molar-refractivity contribution in [3.05, 3.63) is 23.2 Å². The molecule has 1 aromatic rings. The molecular weight excluding hydrogens is 260 g/mol. The SMILES string of the molecule is Cc1oc(CN(C)C2CCC(C)CC2)cc1CNC(C)C. The molecule has 0 spiro atoms. The fourth-order valence-corrected chi connectivity index (χ4v) is 3.21. The summed E-state index contributed by atoms with van der Waals surface area (Å²) in [5.41, 5.74) is 1.30. The van der Waals surface area contributed by atoms with Gasteiger partial charge in [0.2, 0.25) is 0 Å². The van der Waals surface area contributed by atoms with Crippen LogP contribution in [0.25, 0.3) is 0 Å². The number of hydrogen-bond donors (Lipinski definition) is 1. The number of nitrogens with one attached hydrogen (secondary N) is 1. The van der Waals surface area contributed by atoms with Crippen LogP contribution in [0.5, 0.6) is 0 Å². The lowest BCUT2D eigenvalue weighted by Crippen LogP contribution is -2.34. The molecule has 0 amide bonds. The number of nitrogens with zero attached hydrogens (tertiary/aromatic N) is 1. The summed E-state index contributed by atoms with van der Waals surface area (Å²) < 4.78 is 5.95. The molecule has 0 aromatic carbocycles. The standard InChI is InChI=1S/C18H32N2O/c1-13(2)19-11-16-10-18(21-15(16)4)12-20(5)17-8-6-14(3)7-9-17/h10,13-14,17,19H,6-9,11-12H2,1-5H3. The first-order valence-corrected chi connectivity index (χ1v) is 8.47. The van der Waals surface area contributed by atoms with E-state index in [2.05, 4.69) is 51.0 Å². The zero-order chi connectivity index (χ0) is 15.4. The number of furan rings is 1. The molecule has 0 aliphatic heterocycles. The topological polar surface area (TPSA) is 28.4 Å². The Balaban J connectivity index is 1.88. The third kappa shape index (κ3) is 4.86. The highest BCUT2D eigenvalue weighted by molar-refractivity contribution is 5.20. The van der Waals surface area contributed by atoms with Crippen LogP contribution in [-0.4, -0.2) is 24.0 Å². The van der Waals surface area contributed by atoms with Crippen molar-refractivity contribution in [2.75, 3.05) is 7.05 Å². The van der Waals surface area contributed by atoms with E-state index in [0.29, 0.717) is 6.04 Å². The summed E-state index contributed by atoms with van der Waals surface area (Å²) in [6.07, 6.45) is 5.41. The smallest absolute Gasteiger partial charge is 0.118 e. The fourth-order valence-electron chi connectivity index (χ4n) is 3.21. The number of aryl methyl sites for hydroxylation is 1. The summed E-state index contributed by atoms with van der Waals surface area (Å²) >= 11 is 0. The van der Waals surface area contributed by atoms with E-state index in [9.17, 15) is 0 Å². The van der Waals surface area contributed by atoms with Crippen molar-refractivity contribution in [3.8, 4) is 0 Å². The van der Waals surface area contributed by atoms with E-state index in [1.807, 2.05) is 0 Å². The van der Waals surface area contributed by atoms with Gasteiger partial charge in [-0.25, -0.2) is 0 Å². The largest absolute Gasteiger partial charge is 0.465 e. The van der Waals surface area contributed by atoms with Crippen molar-refractivity contribution < 1.29 is 4.42 Å². The minimum atomic E-state index is 0.509. The molecule has 1 aliphatic carbocycles. The van der Waals surface area contributed by atoms with Crippen LogP contribution in [0.2, 0.25) is 0 Å². The zero-order valence-corrected chi connectivity index (χ0v) is 14.4. The Morgan fingerprint density at radius 2 is 1.95 bits per heavy atom. The molecule has 1 saturated carbocycles. The van der Waals surface area contributed by atoms with E-state index >= 15 is 0 Å². The van der Waals surface area contributed by atoms with E-state index in [0.717, 1.165) is 36.6 Å². The number of hydrogen-bond acceptors (Lipinski definition) is 3. The first-order chi connectivity index (χ1) is 9.95. The predicted molar refractivity (Wildman–Crippen MR) is 88.3 cm³/mol. The van der Waals surface area contributed by atoms with Gasteiger partial charge < -0.3 is 9.73 Å². The van der Waals surface area contributed by atoms with Crippen LogP contribution >= 0.6 is 0 Å². The molecule has 1 heterocycles. The molecule has 1 aromatic heterocycles. The Bertz CT molecular complexity index is 430. The molecule has 0 saturated heterocycles. The monoisotopic (exact) mass is 292 g/mol. The van der Waals surface area contributed by atoms with E-state index < -0.39 is 0 Å². The summed E-state index contributed by atoms with van der Waals surface area (Å²) in [6, 6.07) is 3.46. The van der Waals surface area contributed by atoms with Crippen LogP contribution in [0, 0.1) is 12.8 Å². The lowest BCUT2D eigenvalue weighted by Gasteiger charge is -2.33. The Kier molecular flexibility index (Phi) is 5.88. The minimum Gasteiger partial charge on any atom is -0.465 e. The van der Waals surface area contributed by atoms with Gasteiger partial charge in [-0.15, -0.1) is 0 Å². The summed E-state index contributed by atoms with van der Waals surface area (Å²) in [4.78, 5) is 2.48. The number of rotatable bonds is 6. The highest BCUT2D eigenvalue weighted by Crippen LogP contribution is 2.27. The van der Waals surface area contributed by atoms with Gasteiger partial charge in [0.05, 0.1) is 6.54 Å². The maximum atomic E-state index is 5.95. The van der Waals surface area contributed by atoms with Gasteiger partial charge in [0.1, 0.15) is 11.5 Å². The van der Waals surface area contributed by atoms with Crippen LogP contribution in [0.1, 0.15) is 63.5 Å². The molecule has 1 fully saturated rings. The molecule has 0 radical (unpaired) electrons. The van der Waals surface area contributed by atoms with Crippen molar-refractivity contribution >= 4 is 0 Å². The van der Waals surface area contributed by atoms with Crippen LogP contribution in [0.15, 0.2) is 10.5 Å². The molecule has 3 heteroatoms. The van der Waals surface area contributed by atoms with E-state index in [4.69, 9.17) is 4.42 Å². The van der Waals surface area contributed by atoms with Crippen molar-refractivity contribution in [1.82, 2.24) is 10.2 Å². The Labute approximate surface area is 130 Å². The Hall–Kier alpha value is -0.800. The summed E-state index contributed by atoms with van der Waals surface area (Å²) in [6.45, 7) is 10.6. The molecular formula is C18H32N2O. The van der Waals surface area contributed by atoms with E-state index in [1.165, 1.54) is 31.2 Å². The fraction of sp³-hybridized carbons (Fsp3) is 0.778. The molecule has 1 aliphatic rings. The molecule has 2 rings (SSSR count). The van der Waals surface area contributed by atoms with E-state index in [1.54, 1.807) is 0 Å². The average molecular weight is 292 g/mol. The predicted octanol–water partition coefficient (Wildman–Crippen LogP) is 4.10. The molecule has 120 valence electrons. The average Bonchev–Trinajstić information content (AvgIpc) is 2.77. The van der Waals surface area contributed by atoms with Gasteiger partial charge in [0, 0.05) is 24.2 Å². The lowest BCUT2D eigenvalue weighted by atomic mass is 9.87. The van der Waals surface area contributed by atoms with E-state index in [-0.39, 0.29) is 0 Å². The molecule has 0 atom stereocenters. The summed E-state index contributed by atoms with van der Waals surface area (Å²) in [5.74, 6) is 3.08. The summed E-state index contributed by atoms with van der Waals surface area (Å²) in [7, 11) is 2.24. The maximum absolute atomic E-state index is 5.95. The molecule has 1 N–H and O–H groups in total. The van der Waals surface area contributed by atoms with Gasteiger partial charge in [-0.3, -0.25) is 4.90 Å². The highest BCUT2D eigenvalue weighted by Gasteiger charge is 2.22. The minimum absolute atomic E-state index is 0.509. The van der Waals surface area contributed by atoms with Crippen LogP contribution in [0.3, 0.4) is 0 Å². The third-order valence-corrected chi connectivity index (χ3v) is 4.79. The molecule has 3 nitrogen and oxygen atoms in total. The van der Waals surface area contributed by atoms with Gasteiger partial charge in [0.15, 0.2) is 0 Å². The van der Waals surface area contributed by atoms with Crippen molar-refractivity contribution in [2.45, 2.75) is 78.6 Å². The van der Waals surface area contributed by atoms with Gasteiger partial charge >= 0.3 is 0 Å². The molecule has 21 heavy (non-hydrogen) atoms.